The number of carbonyl (C=O) groups is 1. The summed E-state index contributed by atoms with van der Waals surface area (Å²) in [6.45, 7) is 2.05. The molecule has 1 N–H and O–H groups in total. The molecule has 0 atom stereocenters. The smallest absolute Gasteiger partial charge is 0.257 e. The molecular formula is C11H16ClN3O2. The first-order valence-corrected chi connectivity index (χ1v) is 6.30. The Morgan fingerprint density at radius 3 is 2.94 bits per heavy atom. The van der Waals surface area contributed by atoms with E-state index in [1.165, 1.54) is 0 Å². The van der Waals surface area contributed by atoms with Gasteiger partial charge in [0.2, 0.25) is 0 Å². The summed E-state index contributed by atoms with van der Waals surface area (Å²) in [6.07, 6.45) is 5.17. The molecule has 17 heavy (non-hydrogen) atoms. The van der Waals surface area contributed by atoms with Crippen molar-refractivity contribution >= 4 is 17.5 Å². The lowest BCUT2D eigenvalue weighted by Crippen LogP contribution is -2.40. The maximum absolute atomic E-state index is 12.0. The molecule has 1 aromatic rings. The SMILES string of the molecule is O=C(c1cn[nH]c1)N1CCC(OCCCl)CC1. The van der Waals surface area contributed by atoms with E-state index in [4.69, 9.17) is 16.3 Å². The number of aromatic amines is 1. The number of nitrogens with zero attached hydrogens (tertiary/aromatic N) is 2. The molecule has 1 amide bonds. The highest BCUT2D eigenvalue weighted by atomic mass is 35.5. The first-order valence-electron chi connectivity index (χ1n) is 5.77. The van der Waals surface area contributed by atoms with Crippen LogP contribution in [-0.2, 0) is 4.74 Å². The van der Waals surface area contributed by atoms with Crippen molar-refractivity contribution in [3.63, 3.8) is 0 Å². The van der Waals surface area contributed by atoms with E-state index in [2.05, 4.69) is 10.2 Å². The van der Waals surface area contributed by atoms with Gasteiger partial charge in [0.05, 0.1) is 24.5 Å². The second-order valence-electron chi connectivity index (χ2n) is 4.04. The molecule has 1 aromatic heterocycles. The summed E-state index contributed by atoms with van der Waals surface area (Å²) in [5.41, 5.74) is 0.616. The van der Waals surface area contributed by atoms with Crippen LogP contribution < -0.4 is 0 Å². The van der Waals surface area contributed by atoms with E-state index in [1.807, 2.05) is 4.90 Å². The van der Waals surface area contributed by atoms with Crippen LogP contribution in [0.5, 0.6) is 0 Å². The van der Waals surface area contributed by atoms with E-state index in [0.717, 1.165) is 25.9 Å². The molecule has 0 unspecified atom stereocenters. The van der Waals surface area contributed by atoms with Crippen LogP contribution in [0, 0.1) is 0 Å². The lowest BCUT2D eigenvalue weighted by atomic mass is 10.1. The second kappa shape index (κ2) is 6.02. The minimum Gasteiger partial charge on any atom is -0.377 e. The average Bonchev–Trinajstić information content (AvgIpc) is 2.90. The van der Waals surface area contributed by atoms with E-state index in [-0.39, 0.29) is 12.0 Å². The van der Waals surface area contributed by atoms with Crippen LogP contribution in [0.15, 0.2) is 12.4 Å². The van der Waals surface area contributed by atoms with Gasteiger partial charge in [-0.15, -0.1) is 11.6 Å². The third kappa shape index (κ3) is 3.20. The molecule has 0 aliphatic carbocycles. The highest BCUT2D eigenvalue weighted by molar-refractivity contribution is 6.17. The van der Waals surface area contributed by atoms with Gasteiger partial charge in [-0.3, -0.25) is 9.89 Å². The van der Waals surface area contributed by atoms with Crippen molar-refractivity contribution in [1.29, 1.82) is 0 Å². The number of aromatic nitrogens is 2. The minimum atomic E-state index is 0.0366. The summed E-state index contributed by atoms with van der Waals surface area (Å²) < 4.78 is 5.56. The van der Waals surface area contributed by atoms with Crippen LogP contribution in [0.4, 0.5) is 0 Å². The zero-order valence-electron chi connectivity index (χ0n) is 9.56. The Morgan fingerprint density at radius 1 is 1.59 bits per heavy atom. The fourth-order valence-electron chi connectivity index (χ4n) is 1.99. The number of rotatable bonds is 4. The van der Waals surface area contributed by atoms with E-state index in [1.54, 1.807) is 12.4 Å². The highest BCUT2D eigenvalue weighted by Gasteiger charge is 2.24. The average molecular weight is 258 g/mol. The minimum absolute atomic E-state index is 0.0366. The van der Waals surface area contributed by atoms with Gasteiger partial charge < -0.3 is 9.64 Å². The van der Waals surface area contributed by atoms with E-state index in [0.29, 0.717) is 18.1 Å². The zero-order chi connectivity index (χ0) is 12.1. The molecule has 6 heteroatoms. The van der Waals surface area contributed by atoms with Gasteiger partial charge in [0.1, 0.15) is 0 Å². The molecule has 0 saturated carbocycles. The lowest BCUT2D eigenvalue weighted by Gasteiger charge is -2.31. The monoisotopic (exact) mass is 257 g/mol. The molecule has 1 saturated heterocycles. The van der Waals surface area contributed by atoms with Gasteiger partial charge in [0.15, 0.2) is 0 Å². The highest BCUT2D eigenvalue weighted by Crippen LogP contribution is 2.15. The van der Waals surface area contributed by atoms with Crippen LogP contribution in [0.25, 0.3) is 0 Å². The Balaban J connectivity index is 1.81. The Kier molecular flexibility index (Phi) is 4.39. The summed E-state index contributed by atoms with van der Waals surface area (Å²) in [7, 11) is 0. The van der Waals surface area contributed by atoms with Gasteiger partial charge in [-0.1, -0.05) is 0 Å². The van der Waals surface area contributed by atoms with Gasteiger partial charge in [0.25, 0.3) is 5.91 Å². The number of H-pyrrole nitrogens is 1. The van der Waals surface area contributed by atoms with Crippen LogP contribution >= 0.6 is 11.6 Å². The van der Waals surface area contributed by atoms with Gasteiger partial charge in [-0.25, -0.2) is 0 Å². The van der Waals surface area contributed by atoms with E-state index < -0.39 is 0 Å². The topological polar surface area (TPSA) is 58.2 Å². The van der Waals surface area contributed by atoms with Crippen molar-refractivity contribution in [2.75, 3.05) is 25.6 Å². The molecule has 0 spiro atoms. The number of nitrogens with one attached hydrogen (secondary N) is 1. The molecule has 1 fully saturated rings. The third-order valence-electron chi connectivity index (χ3n) is 2.91. The normalized spacial score (nSPS) is 17.4. The van der Waals surface area contributed by atoms with Crippen molar-refractivity contribution in [2.24, 2.45) is 0 Å². The number of hydrogen-bond acceptors (Lipinski definition) is 3. The number of halogens is 1. The fraction of sp³-hybridized carbons (Fsp3) is 0.636. The molecule has 2 rings (SSSR count). The largest absolute Gasteiger partial charge is 0.377 e. The molecular weight excluding hydrogens is 242 g/mol. The van der Waals surface area contributed by atoms with Crippen molar-refractivity contribution in [1.82, 2.24) is 15.1 Å². The van der Waals surface area contributed by atoms with Crippen LogP contribution in [0.2, 0.25) is 0 Å². The van der Waals surface area contributed by atoms with E-state index >= 15 is 0 Å². The van der Waals surface area contributed by atoms with Crippen LogP contribution in [-0.4, -0.2) is 52.7 Å². The zero-order valence-corrected chi connectivity index (χ0v) is 10.3. The summed E-state index contributed by atoms with van der Waals surface area (Å²) in [6, 6.07) is 0. The standard InChI is InChI=1S/C11H16ClN3O2/c12-3-6-17-10-1-4-15(5-2-10)11(16)9-7-13-14-8-9/h7-8,10H,1-6H2,(H,13,14). The summed E-state index contributed by atoms with van der Waals surface area (Å²) in [5.74, 6) is 0.559. The summed E-state index contributed by atoms with van der Waals surface area (Å²) in [5, 5.41) is 6.43. The number of alkyl halides is 1. The number of amides is 1. The molecule has 2 heterocycles. The van der Waals surface area contributed by atoms with Gasteiger partial charge >= 0.3 is 0 Å². The van der Waals surface area contributed by atoms with E-state index in [9.17, 15) is 4.79 Å². The number of piperidine rings is 1. The van der Waals surface area contributed by atoms with Crippen molar-refractivity contribution in [3.8, 4) is 0 Å². The maximum Gasteiger partial charge on any atom is 0.257 e. The van der Waals surface area contributed by atoms with Gasteiger partial charge in [-0.2, -0.15) is 5.10 Å². The molecule has 5 nitrogen and oxygen atoms in total. The number of carbonyl (C=O) groups excluding carboxylic acids is 1. The van der Waals surface area contributed by atoms with Gasteiger partial charge in [-0.05, 0) is 12.8 Å². The Labute approximate surface area is 105 Å². The number of ether oxygens (including phenoxy) is 1. The molecule has 0 radical (unpaired) electrons. The predicted octanol–water partition coefficient (Wildman–Crippen LogP) is 1.27. The first kappa shape index (κ1) is 12.4. The second-order valence-corrected chi connectivity index (χ2v) is 4.42. The first-order chi connectivity index (χ1) is 8.31. The molecule has 94 valence electrons. The fourth-order valence-corrected chi connectivity index (χ4v) is 2.08. The van der Waals surface area contributed by atoms with Gasteiger partial charge in [0, 0.05) is 25.2 Å². The number of likely N-dealkylation sites (tertiary alicyclic amines) is 1. The van der Waals surface area contributed by atoms with Crippen molar-refractivity contribution < 1.29 is 9.53 Å². The Hall–Kier alpha value is -1.07. The summed E-state index contributed by atoms with van der Waals surface area (Å²) in [4.78, 5) is 13.8. The molecule has 1 aliphatic heterocycles. The Bertz CT molecular complexity index is 348. The van der Waals surface area contributed by atoms with Crippen molar-refractivity contribution in [2.45, 2.75) is 18.9 Å². The maximum atomic E-state index is 12.0. The molecule has 0 bridgehead atoms. The lowest BCUT2D eigenvalue weighted by molar-refractivity contribution is 0.0154. The van der Waals surface area contributed by atoms with Crippen LogP contribution in [0.3, 0.4) is 0 Å². The van der Waals surface area contributed by atoms with Crippen molar-refractivity contribution in [3.05, 3.63) is 18.0 Å². The third-order valence-corrected chi connectivity index (χ3v) is 3.06. The quantitative estimate of drug-likeness (QED) is 0.827. The molecule has 0 aromatic carbocycles. The summed E-state index contributed by atoms with van der Waals surface area (Å²) >= 11 is 5.57. The Morgan fingerprint density at radius 2 is 2.35 bits per heavy atom. The predicted molar refractivity (Wildman–Crippen MR) is 64.2 cm³/mol. The molecule has 1 aliphatic rings. The number of hydrogen-bond donors (Lipinski definition) is 1. The van der Waals surface area contributed by atoms with Crippen LogP contribution in [0.1, 0.15) is 23.2 Å².